The van der Waals surface area contributed by atoms with Crippen molar-refractivity contribution in [2.75, 3.05) is 29.9 Å². The Hall–Kier alpha value is -2.14. The summed E-state index contributed by atoms with van der Waals surface area (Å²) >= 11 is 5.62. The fourth-order valence-corrected chi connectivity index (χ4v) is 5.25. The lowest BCUT2D eigenvalue weighted by atomic mass is 9.69. The molecule has 1 aromatic heterocycles. The number of nitrogens with zero attached hydrogens (tertiary/aromatic N) is 2. The van der Waals surface area contributed by atoms with Gasteiger partial charge in [-0.15, -0.1) is 0 Å². The summed E-state index contributed by atoms with van der Waals surface area (Å²) in [4.78, 5) is 7.07. The number of benzene rings is 1. The van der Waals surface area contributed by atoms with Gasteiger partial charge in [0.1, 0.15) is 5.82 Å². The van der Waals surface area contributed by atoms with Gasteiger partial charge in [0, 0.05) is 25.0 Å². The van der Waals surface area contributed by atoms with Crippen molar-refractivity contribution in [3.63, 3.8) is 0 Å². The molecule has 2 fully saturated rings. The molecule has 1 saturated carbocycles. The van der Waals surface area contributed by atoms with Gasteiger partial charge in [0.05, 0.1) is 11.9 Å². The van der Waals surface area contributed by atoms with Crippen molar-refractivity contribution in [1.82, 2.24) is 10.3 Å². The van der Waals surface area contributed by atoms with Gasteiger partial charge in [0.2, 0.25) is 0 Å². The third kappa shape index (κ3) is 5.12. The van der Waals surface area contributed by atoms with E-state index >= 15 is 0 Å². The van der Waals surface area contributed by atoms with Crippen molar-refractivity contribution >= 4 is 28.8 Å². The van der Waals surface area contributed by atoms with Crippen LogP contribution in [0, 0.1) is 5.92 Å². The minimum atomic E-state index is 0.179. The number of hydrogen-bond acceptors (Lipinski definition) is 3. The van der Waals surface area contributed by atoms with Crippen LogP contribution in [0.25, 0.3) is 0 Å². The zero-order valence-corrected chi connectivity index (χ0v) is 18.9. The van der Waals surface area contributed by atoms with Crippen LogP contribution < -0.4 is 15.5 Å². The SMILES string of the molecule is C[C@@H]1CCCN(c2ccc(NC(=S)NCC3(c4ccccc4)CCCCC3)cn2)C1. The van der Waals surface area contributed by atoms with Crippen molar-refractivity contribution in [2.45, 2.75) is 57.3 Å². The molecule has 0 spiro atoms. The second-order valence-corrected chi connectivity index (χ2v) is 9.52. The molecule has 0 amide bonds. The van der Waals surface area contributed by atoms with Gasteiger partial charge in [0.25, 0.3) is 0 Å². The summed E-state index contributed by atoms with van der Waals surface area (Å²) in [5.41, 5.74) is 2.55. The normalized spacial score (nSPS) is 21.1. The van der Waals surface area contributed by atoms with Gasteiger partial charge in [0.15, 0.2) is 5.11 Å². The molecule has 4 nitrogen and oxygen atoms in total. The molecule has 30 heavy (non-hydrogen) atoms. The highest BCUT2D eigenvalue weighted by molar-refractivity contribution is 7.80. The standard InChI is InChI=1S/C25H34N4S/c1-20-9-8-16-29(18-20)23-13-12-22(17-26-23)28-24(30)27-19-25(14-6-3-7-15-25)21-10-4-2-5-11-21/h2,4-5,10-13,17,20H,3,6-9,14-16,18-19H2,1H3,(H2,27,28,30)/t20-/m1/s1. The van der Waals surface area contributed by atoms with Crippen molar-refractivity contribution in [1.29, 1.82) is 0 Å². The van der Waals surface area contributed by atoms with Crippen molar-refractivity contribution in [2.24, 2.45) is 5.92 Å². The second kappa shape index (κ2) is 9.78. The van der Waals surface area contributed by atoms with Crippen LogP contribution in [-0.2, 0) is 5.41 Å². The lowest BCUT2D eigenvalue weighted by molar-refractivity contribution is 0.292. The molecule has 1 aliphatic heterocycles. The van der Waals surface area contributed by atoms with E-state index in [9.17, 15) is 0 Å². The summed E-state index contributed by atoms with van der Waals surface area (Å²) in [6.45, 7) is 5.40. The summed E-state index contributed by atoms with van der Waals surface area (Å²) in [5.74, 6) is 1.81. The van der Waals surface area contributed by atoms with Crippen LogP contribution >= 0.6 is 12.2 Å². The molecule has 1 aromatic carbocycles. The van der Waals surface area contributed by atoms with Gasteiger partial charge >= 0.3 is 0 Å². The minimum Gasteiger partial charge on any atom is -0.362 e. The zero-order valence-electron chi connectivity index (χ0n) is 18.1. The van der Waals surface area contributed by atoms with Gasteiger partial charge in [-0.1, -0.05) is 56.5 Å². The van der Waals surface area contributed by atoms with E-state index in [1.807, 2.05) is 6.20 Å². The fraction of sp³-hybridized carbons (Fsp3) is 0.520. The Morgan fingerprint density at radius 2 is 1.90 bits per heavy atom. The molecule has 1 aliphatic carbocycles. The van der Waals surface area contributed by atoms with E-state index in [0.717, 1.165) is 37.1 Å². The van der Waals surface area contributed by atoms with Crippen LogP contribution in [-0.4, -0.2) is 29.7 Å². The number of pyridine rings is 1. The van der Waals surface area contributed by atoms with E-state index in [1.54, 1.807) is 0 Å². The average Bonchev–Trinajstić information content (AvgIpc) is 2.79. The second-order valence-electron chi connectivity index (χ2n) is 9.11. The van der Waals surface area contributed by atoms with E-state index in [4.69, 9.17) is 12.2 Å². The molecule has 2 N–H and O–H groups in total. The Kier molecular flexibility index (Phi) is 6.88. The van der Waals surface area contributed by atoms with E-state index in [0.29, 0.717) is 5.11 Å². The van der Waals surface area contributed by atoms with Crippen LogP contribution in [0.5, 0.6) is 0 Å². The highest BCUT2D eigenvalue weighted by Gasteiger charge is 2.33. The quantitative estimate of drug-likeness (QED) is 0.622. The van der Waals surface area contributed by atoms with Crippen LogP contribution in [0.15, 0.2) is 48.7 Å². The van der Waals surface area contributed by atoms with E-state index in [-0.39, 0.29) is 5.41 Å². The van der Waals surface area contributed by atoms with Crippen molar-refractivity contribution in [3.05, 3.63) is 54.2 Å². The first-order chi connectivity index (χ1) is 14.6. The highest BCUT2D eigenvalue weighted by atomic mass is 32.1. The molecule has 2 aromatic rings. The summed E-state index contributed by atoms with van der Waals surface area (Å²) in [5, 5.41) is 7.51. The van der Waals surface area contributed by atoms with Gasteiger partial charge in [-0.2, -0.15) is 0 Å². The molecule has 0 bridgehead atoms. The van der Waals surface area contributed by atoms with E-state index in [2.05, 4.69) is 69.9 Å². The smallest absolute Gasteiger partial charge is 0.170 e. The molecule has 0 unspecified atom stereocenters. The Morgan fingerprint density at radius 1 is 1.10 bits per heavy atom. The Bertz CT molecular complexity index is 815. The number of anilines is 2. The molecule has 0 radical (unpaired) electrons. The van der Waals surface area contributed by atoms with Crippen LogP contribution in [0.4, 0.5) is 11.5 Å². The lowest BCUT2D eigenvalue weighted by Crippen LogP contribution is -2.43. The van der Waals surface area contributed by atoms with Crippen LogP contribution in [0.2, 0.25) is 0 Å². The number of hydrogen-bond donors (Lipinski definition) is 2. The maximum absolute atomic E-state index is 5.62. The first-order valence-electron chi connectivity index (χ1n) is 11.5. The zero-order chi connectivity index (χ0) is 20.8. The summed E-state index contributed by atoms with van der Waals surface area (Å²) in [6.07, 6.45) is 10.8. The first kappa shape index (κ1) is 21.1. The molecule has 4 rings (SSSR count). The predicted molar refractivity (Wildman–Crippen MR) is 130 cm³/mol. The summed E-state index contributed by atoms with van der Waals surface area (Å²) in [7, 11) is 0. The first-order valence-corrected chi connectivity index (χ1v) is 11.9. The number of nitrogens with one attached hydrogen (secondary N) is 2. The van der Waals surface area contributed by atoms with Gasteiger partial charge in [-0.05, 0) is 61.5 Å². The topological polar surface area (TPSA) is 40.2 Å². The minimum absolute atomic E-state index is 0.179. The summed E-state index contributed by atoms with van der Waals surface area (Å²) in [6, 6.07) is 15.1. The molecule has 1 saturated heterocycles. The molecule has 1 atom stereocenters. The van der Waals surface area contributed by atoms with Gasteiger partial charge in [-0.25, -0.2) is 4.98 Å². The summed E-state index contributed by atoms with van der Waals surface area (Å²) < 4.78 is 0. The molecule has 2 heterocycles. The third-order valence-electron chi connectivity index (χ3n) is 6.77. The molecular formula is C25H34N4S. The Morgan fingerprint density at radius 3 is 2.60 bits per heavy atom. The van der Waals surface area contributed by atoms with Crippen LogP contribution in [0.1, 0.15) is 57.4 Å². The number of thiocarbonyl (C=S) groups is 1. The molecule has 5 heteroatoms. The Balaban J connectivity index is 1.35. The molecule has 2 aliphatic rings. The average molecular weight is 423 g/mol. The molecular weight excluding hydrogens is 388 g/mol. The van der Waals surface area contributed by atoms with Crippen LogP contribution in [0.3, 0.4) is 0 Å². The largest absolute Gasteiger partial charge is 0.362 e. The van der Waals surface area contributed by atoms with Crippen molar-refractivity contribution in [3.8, 4) is 0 Å². The predicted octanol–water partition coefficient (Wildman–Crippen LogP) is 5.51. The number of aromatic nitrogens is 1. The fourth-order valence-electron chi connectivity index (χ4n) is 5.06. The van der Waals surface area contributed by atoms with Gasteiger partial charge < -0.3 is 15.5 Å². The number of piperidine rings is 1. The maximum atomic E-state index is 5.62. The van der Waals surface area contributed by atoms with Crippen molar-refractivity contribution < 1.29 is 0 Å². The monoisotopic (exact) mass is 422 g/mol. The highest BCUT2D eigenvalue weighted by Crippen LogP contribution is 2.38. The third-order valence-corrected chi connectivity index (χ3v) is 7.02. The van der Waals surface area contributed by atoms with E-state index < -0.39 is 0 Å². The van der Waals surface area contributed by atoms with Gasteiger partial charge in [-0.3, -0.25) is 0 Å². The maximum Gasteiger partial charge on any atom is 0.170 e. The van der Waals surface area contributed by atoms with E-state index in [1.165, 1.54) is 50.5 Å². The Labute approximate surface area is 186 Å². The molecule has 160 valence electrons. The lowest BCUT2D eigenvalue weighted by Gasteiger charge is -2.38. The number of rotatable bonds is 5.